The SMILES string of the molecule is CCCCc1ccc(N2CCNCC2)cc1.COc1nc(C)c(C)nc1NC(=O)Oc1ccccc1. The number of aryl methyl sites for hydroxylation is 3. The molecule has 1 aliphatic heterocycles. The van der Waals surface area contributed by atoms with Gasteiger partial charge in [-0.15, -0.1) is 0 Å². The number of hydrogen-bond acceptors (Lipinski definition) is 7. The van der Waals surface area contributed by atoms with Crippen LogP contribution in [0.4, 0.5) is 16.3 Å². The lowest BCUT2D eigenvalue weighted by atomic mass is 10.1. The van der Waals surface area contributed by atoms with Crippen LogP contribution in [-0.2, 0) is 6.42 Å². The van der Waals surface area contributed by atoms with Gasteiger partial charge < -0.3 is 19.7 Å². The lowest BCUT2D eigenvalue weighted by molar-refractivity contribution is 0.215. The van der Waals surface area contributed by atoms with E-state index in [1.54, 1.807) is 31.2 Å². The first-order valence-electron chi connectivity index (χ1n) is 12.5. The van der Waals surface area contributed by atoms with Crippen molar-refractivity contribution in [2.45, 2.75) is 40.0 Å². The van der Waals surface area contributed by atoms with Crippen LogP contribution in [0.1, 0.15) is 36.7 Å². The number of para-hydroxylation sites is 1. The molecule has 0 bridgehead atoms. The standard InChI is InChI=1S/C14H15N3O3.C14H22N2/c1-9-10(2)16-13(19-3)12(15-9)17-14(18)20-11-7-5-4-6-8-11;1-2-3-4-13-5-7-14(8-6-13)16-11-9-15-10-12-16/h4-8H,1-3H3,(H,15,17,18);5-8,15H,2-4,9-12H2,1H3. The van der Waals surface area contributed by atoms with Crippen molar-refractivity contribution in [3.05, 3.63) is 71.5 Å². The van der Waals surface area contributed by atoms with Gasteiger partial charge in [-0.25, -0.2) is 14.8 Å². The molecule has 0 aliphatic carbocycles. The first-order valence-corrected chi connectivity index (χ1v) is 12.5. The summed E-state index contributed by atoms with van der Waals surface area (Å²) in [4.78, 5) is 22.7. The maximum atomic E-state index is 11.8. The molecule has 2 heterocycles. The van der Waals surface area contributed by atoms with E-state index in [-0.39, 0.29) is 11.7 Å². The second-order valence-electron chi connectivity index (χ2n) is 8.59. The van der Waals surface area contributed by atoms with Crippen molar-refractivity contribution >= 4 is 17.6 Å². The fraction of sp³-hybridized carbons (Fsp3) is 0.393. The molecule has 4 rings (SSSR count). The Morgan fingerprint density at radius 2 is 1.67 bits per heavy atom. The van der Waals surface area contributed by atoms with Crippen LogP contribution in [0, 0.1) is 13.8 Å². The highest BCUT2D eigenvalue weighted by Gasteiger charge is 2.14. The van der Waals surface area contributed by atoms with Crippen LogP contribution in [0.2, 0.25) is 0 Å². The number of carbonyl (C=O) groups excluding carboxylic acids is 1. The van der Waals surface area contributed by atoms with Crippen molar-refractivity contribution in [1.29, 1.82) is 0 Å². The maximum absolute atomic E-state index is 11.8. The number of ether oxygens (including phenoxy) is 2. The quantitative estimate of drug-likeness (QED) is 0.472. The molecule has 1 aliphatic rings. The van der Waals surface area contributed by atoms with Crippen molar-refractivity contribution in [1.82, 2.24) is 15.3 Å². The number of nitrogens with one attached hydrogen (secondary N) is 2. The summed E-state index contributed by atoms with van der Waals surface area (Å²) in [6.45, 7) is 10.3. The number of carbonyl (C=O) groups is 1. The zero-order valence-electron chi connectivity index (χ0n) is 21.7. The monoisotopic (exact) mass is 491 g/mol. The second kappa shape index (κ2) is 14.0. The summed E-state index contributed by atoms with van der Waals surface area (Å²) < 4.78 is 10.2. The average Bonchev–Trinajstić information content (AvgIpc) is 2.91. The number of aromatic nitrogens is 2. The van der Waals surface area contributed by atoms with E-state index in [1.807, 2.05) is 13.0 Å². The van der Waals surface area contributed by atoms with Crippen LogP contribution in [-0.4, -0.2) is 49.4 Å². The van der Waals surface area contributed by atoms with Crippen LogP contribution >= 0.6 is 0 Å². The molecule has 0 unspecified atom stereocenters. The Morgan fingerprint density at radius 3 is 2.31 bits per heavy atom. The Kier molecular flexibility index (Phi) is 10.5. The van der Waals surface area contributed by atoms with Gasteiger partial charge in [0.2, 0.25) is 0 Å². The molecule has 0 radical (unpaired) electrons. The van der Waals surface area contributed by atoms with Gasteiger partial charge in [-0.2, -0.15) is 0 Å². The van der Waals surface area contributed by atoms with Gasteiger partial charge in [0.05, 0.1) is 18.5 Å². The largest absolute Gasteiger partial charge is 0.478 e. The van der Waals surface area contributed by atoms with E-state index >= 15 is 0 Å². The summed E-state index contributed by atoms with van der Waals surface area (Å²) in [5, 5.41) is 5.90. The van der Waals surface area contributed by atoms with Gasteiger partial charge in [0.15, 0.2) is 5.82 Å². The van der Waals surface area contributed by atoms with Crippen LogP contribution in [0.25, 0.3) is 0 Å². The molecule has 1 amide bonds. The Morgan fingerprint density at radius 1 is 1.00 bits per heavy atom. The number of amides is 1. The molecular weight excluding hydrogens is 454 g/mol. The minimum atomic E-state index is -0.646. The number of nitrogens with zero attached hydrogens (tertiary/aromatic N) is 3. The Hall–Kier alpha value is -3.65. The molecule has 1 aromatic heterocycles. The number of methoxy groups -OCH3 is 1. The van der Waals surface area contributed by atoms with Crippen LogP contribution < -0.4 is 25.0 Å². The van der Waals surface area contributed by atoms with E-state index in [0.29, 0.717) is 11.4 Å². The average molecular weight is 492 g/mol. The lowest BCUT2D eigenvalue weighted by Gasteiger charge is -2.29. The minimum Gasteiger partial charge on any atom is -0.478 e. The molecule has 36 heavy (non-hydrogen) atoms. The molecular formula is C28H37N5O3. The first kappa shape index (κ1) is 26.9. The molecule has 0 saturated carbocycles. The zero-order valence-corrected chi connectivity index (χ0v) is 21.7. The molecule has 8 nitrogen and oxygen atoms in total. The van der Waals surface area contributed by atoms with Crippen molar-refractivity contribution in [3.8, 4) is 11.6 Å². The summed E-state index contributed by atoms with van der Waals surface area (Å²) in [6.07, 6.45) is 3.15. The predicted octanol–water partition coefficient (Wildman–Crippen LogP) is 5.15. The molecule has 0 atom stereocenters. The zero-order chi connectivity index (χ0) is 25.8. The smallest absolute Gasteiger partial charge is 0.418 e. The number of anilines is 2. The van der Waals surface area contributed by atoms with Crippen molar-refractivity contribution in [2.24, 2.45) is 0 Å². The van der Waals surface area contributed by atoms with E-state index in [2.05, 4.69) is 56.7 Å². The highest BCUT2D eigenvalue weighted by atomic mass is 16.6. The number of hydrogen-bond donors (Lipinski definition) is 2. The fourth-order valence-corrected chi connectivity index (χ4v) is 3.70. The highest BCUT2D eigenvalue weighted by molar-refractivity contribution is 5.86. The maximum Gasteiger partial charge on any atom is 0.418 e. The minimum absolute atomic E-state index is 0.233. The van der Waals surface area contributed by atoms with E-state index in [9.17, 15) is 4.79 Å². The Balaban J connectivity index is 0.000000205. The van der Waals surface area contributed by atoms with Crippen LogP contribution in [0.15, 0.2) is 54.6 Å². The topological polar surface area (TPSA) is 88.6 Å². The van der Waals surface area contributed by atoms with Crippen LogP contribution in [0.5, 0.6) is 11.6 Å². The predicted molar refractivity (Wildman–Crippen MR) is 144 cm³/mol. The van der Waals surface area contributed by atoms with Crippen LogP contribution in [0.3, 0.4) is 0 Å². The summed E-state index contributed by atoms with van der Waals surface area (Å²) in [7, 11) is 1.46. The van der Waals surface area contributed by atoms with E-state index in [4.69, 9.17) is 9.47 Å². The molecule has 3 aromatic rings. The molecule has 1 saturated heterocycles. The highest BCUT2D eigenvalue weighted by Crippen LogP contribution is 2.21. The van der Waals surface area contributed by atoms with E-state index < -0.39 is 6.09 Å². The molecule has 2 aromatic carbocycles. The van der Waals surface area contributed by atoms with Gasteiger partial charge in [-0.05, 0) is 56.5 Å². The second-order valence-corrected chi connectivity index (χ2v) is 8.59. The molecule has 0 spiro atoms. The van der Waals surface area contributed by atoms with E-state index in [0.717, 1.165) is 31.9 Å². The van der Waals surface area contributed by atoms with Gasteiger partial charge in [0, 0.05) is 31.9 Å². The van der Waals surface area contributed by atoms with Gasteiger partial charge in [-0.3, -0.25) is 5.32 Å². The fourth-order valence-electron chi connectivity index (χ4n) is 3.70. The van der Waals surface area contributed by atoms with Gasteiger partial charge in [-0.1, -0.05) is 43.7 Å². The summed E-state index contributed by atoms with van der Waals surface area (Å²) in [5.41, 5.74) is 4.30. The van der Waals surface area contributed by atoms with Crippen molar-refractivity contribution < 1.29 is 14.3 Å². The number of benzene rings is 2. The number of rotatable bonds is 7. The van der Waals surface area contributed by atoms with Gasteiger partial charge in [0.1, 0.15) is 5.75 Å². The molecule has 192 valence electrons. The van der Waals surface area contributed by atoms with Crippen molar-refractivity contribution in [3.63, 3.8) is 0 Å². The lowest BCUT2D eigenvalue weighted by Crippen LogP contribution is -2.43. The van der Waals surface area contributed by atoms with Gasteiger partial charge in [0.25, 0.3) is 5.88 Å². The normalized spacial score (nSPS) is 12.8. The Labute approximate surface area is 214 Å². The number of unbranched alkanes of at least 4 members (excludes halogenated alkanes) is 1. The summed E-state index contributed by atoms with van der Waals surface area (Å²) in [6, 6.07) is 17.9. The molecule has 8 heteroatoms. The summed E-state index contributed by atoms with van der Waals surface area (Å²) in [5.74, 6) is 0.926. The third-order valence-electron chi connectivity index (χ3n) is 5.88. The van der Waals surface area contributed by atoms with Crippen molar-refractivity contribution in [2.75, 3.05) is 43.5 Å². The summed E-state index contributed by atoms with van der Waals surface area (Å²) >= 11 is 0. The number of piperazine rings is 1. The van der Waals surface area contributed by atoms with E-state index in [1.165, 1.54) is 37.6 Å². The van der Waals surface area contributed by atoms with Gasteiger partial charge >= 0.3 is 6.09 Å². The third-order valence-corrected chi connectivity index (χ3v) is 5.88. The molecule has 2 N–H and O–H groups in total. The third kappa shape index (κ3) is 8.23. The molecule has 1 fully saturated rings. The first-order chi connectivity index (χ1) is 17.5. The Bertz CT molecular complexity index is 1080.